The highest BCUT2D eigenvalue weighted by Gasteiger charge is 2.06. The summed E-state index contributed by atoms with van der Waals surface area (Å²) in [5.74, 6) is 0.497. The maximum atomic E-state index is 11.5. The Hall–Kier alpha value is -1.62. The summed E-state index contributed by atoms with van der Waals surface area (Å²) < 4.78 is 5.35. The molecule has 0 heterocycles. The van der Waals surface area contributed by atoms with Gasteiger partial charge in [0.25, 0.3) is 5.91 Å². The molecule has 1 atom stereocenters. The van der Waals surface area contributed by atoms with E-state index in [4.69, 9.17) is 22.7 Å². The number of carbonyl (C=O) groups is 1. The molecule has 1 aromatic rings. The van der Waals surface area contributed by atoms with Crippen molar-refractivity contribution in [2.75, 3.05) is 6.61 Å². The minimum atomic E-state index is -0.122. The molecule has 1 aromatic carbocycles. The lowest BCUT2D eigenvalue weighted by atomic mass is 10.2. The summed E-state index contributed by atoms with van der Waals surface area (Å²) >= 11 is 4.85. The molecule has 1 rings (SSSR count). The number of rotatable bonds is 6. The van der Waals surface area contributed by atoms with Gasteiger partial charge in [0.05, 0.1) is 0 Å². The van der Waals surface area contributed by atoms with Crippen LogP contribution in [0.5, 0.6) is 5.75 Å². The molecular formula is C13H18N2O2S. The summed E-state index contributed by atoms with van der Waals surface area (Å²) in [5, 5.41) is 2.82. The molecule has 0 aliphatic carbocycles. The zero-order valence-corrected chi connectivity index (χ0v) is 11.4. The fourth-order valence-electron chi connectivity index (χ4n) is 1.28. The van der Waals surface area contributed by atoms with Gasteiger partial charge in [0.1, 0.15) is 10.7 Å². The smallest absolute Gasteiger partial charge is 0.258 e. The maximum Gasteiger partial charge on any atom is 0.258 e. The van der Waals surface area contributed by atoms with Gasteiger partial charge in [-0.2, -0.15) is 0 Å². The fourth-order valence-corrected chi connectivity index (χ4v) is 1.42. The number of nitrogens with one attached hydrogen (secondary N) is 1. The highest BCUT2D eigenvalue weighted by molar-refractivity contribution is 7.80. The maximum absolute atomic E-state index is 11.5. The highest BCUT2D eigenvalue weighted by Crippen LogP contribution is 2.11. The van der Waals surface area contributed by atoms with E-state index in [1.807, 2.05) is 13.8 Å². The Morgan fingerprint density at radius 2 is 2.06 bits per heavy atom. The molecule has 0 saturated heterocycles. The number of nitrogens with two attached hydrogens (primary N) is 1. The van der Waals surface area contributed by atoms with Crippen LogP contribution in [0.2, 0.25) is 0 Å². The predicted molar refractivity (Wildman–Crippen MR) is 75.7 cm³/mol. The number of amides is 1. The quantitative estimate of drug-likeness (QED) is 0.768. The topological polar surface area (TPSA) is 64.3 Å². The predicted octanol–water partition coefficient (Wildman–Crippen LogP) is 1.61. The van der Waals surface area contributed by atoms with Crippen molar-refractivity contribution in [3.63, 3.8) is 0 Å². The second-order valence-corrected chi connectivity index (χ2v) is 4.49. The van der Waals surface area contributed by atoms with Crippen LogP contribution in [-0.4, -0.2) is 23.5 Å². The van der Waals surface area contributed by atoms with E-state index in [9.17, 15) is 4.79 Å². The zero-order chi connectivity index (χ0) is 13.5. The lowest BCUT2D eigenvalue weighted by Gasteiger charge is -2.12. The summed E-state index contributed by atoms with van der Waals surface area (Å²) in [6.45, 7) is 3.98. The Bertz CT molecular complexity index is 418. The molecule has 5 heteroatoms. The first-order valence-corrected chi connectivity index (χ1v) is 6.25. The van der Waals surface area contributed by atoms with Crippen molar-refractivity contribution in [3.8, 4) is 5.75 Å². The zero-order valence-electron chi connectivity index (χ0n) is 10.6. The van der Waals surface area contributed by atoms with Gasteiger partial charge in [-0.25, -0.2) is 0 Å². The van der Waals surface area contributed by atoms with Crippen molar-refractivity contribution in [1.29, 1.82) is 0 Å². The van der Waals surface area contributed by atoms with Crippen LogP contribution in [0.25, 0.3) is 0 Å². The Morgan fingerprint density at radius 3 is 2.56 bits per heavy atom. The Labute approximate surface area is 113 Å². The SMILES string of the molecule is CCC(C)NC(=O)COc1ccc(C(N)=S)cc1. The van der Waals surface area contributed by atoms with E-state index in [-0.39, 0.29) is 18.6 Å². The second kappa shape index (κ2) is 6.96. The van der Waals surface area contributed by atoms with E-state index in [0.717, 1.165) is 12.0 Å². The summed E-state index contributed by atoms with van der Waals surface area (Å²) in [7, 11) is 0. The van der Waals surface area contributed by atoms with E-state index >= 15 is 0 Å². The largest absolute Gasteiger partial charge is 0.484 e. The molecule has 1 amide bonds. The summed E-state index contributed by atoms with van der Waals surface area (Å²) in [5.41, 5.74) is 6.26. The Morgan fingerprint density at radius 1 is 1.44 bits per heavy atom. The number of ether oxygens (including phenoxy) is 1. The van der Waals surface area contributed by atoms with Gasteiger partial charge in [0, 0.05) is 11.6 Å². The number of carbonyl (C=O) groups excluding carboxylic acids is 1. The van der Waals surface area contributed by atoms with Gasteiger partial charge in [-0.05, 0) is 37.6 Å². The monoisotopic (exact) mass is 266 g/mol. The number of hydrogen-bond donors (Lipinski definition) is 2. The van der Waals surface area contributed by atoms with Gasteiger partial charge in [0.15, 0.2) is 6.61 Å². The first-order valence-electron chi connectivity index (χ1n) is 5.85. The van der Waals surface area contributed by atoms with Gasteiger partial charge in [-0.3, -0.25) is 4.79 Å². The van der Waals surface area contributed by atoms with Crippen LogP contribution in [0.15, 0.2) is 24.3 Å². The number of benzene rings is 1. The molecule has 0 saturated carbocycles. The van der Waals surface area contributed by atoms with Crippen molar-refractivity contribution in [2.24, 2.45) is 5.73 Å². The molecule has 4 nitrogen and oxygen atoms in total. The van der Waals surface area contributed by atoms with Crippen molar-refractivity contribution in [1.82, 2.24) is 5.32 Å². The van der Waals surface area contributed by atoms with Gasteiger partial charge in [-0.15, -0.1) is 0 Å². The molecule has 98 valence electrons. The first kappa shape index (κ1) is 14.4. The van der Waals surface area contributed by atoms with Gasteiger partial charge >= 0.3 is 0 Å². The summed E-state index contributed by atoms with van der Waals surface area (Å²) in [6, 6.07) is 7.18. The molecule has 0 aliphatic heterocycles. The van der Waals surface area contributed by atoms with E-state index in [1.54, 1.807) is 24.3 Å². The number of thiocarbonyl (C=S) groups is 1. The van der Waals surface area contributed by atoms with E-state index < -0.39 is 0 Å². The third-order valence-corrected chi connectivity index (χ3v) is 2.76. The van der Waals surface area contributed by atoms with Crippen LogP contribution in [-0.2, 0) is 4.79 Å². The van der Waals surface area contributed by atoms with Gasteiger partial charge in [0.2, 0.25) is 0 Å². The van der Waals surface area contributed by atoms with Crippen LogP contribution in [0, 0.1) is 0 Å². The molecular weight excluding hydrogens is 248 g/mol. The fraction of sp³-hybridized carbons (Fsp3) is 0.385. The Kier molecular flexibility index (Phi) is 5.58. The molecule has 3 N–H and O–H groups in total. The summed E-state index contributed by atoms with van der Waals surface area (Å²) in [4.78, 5) is 11.8. The first-order chi connectivity index (χ1) is 8.52. The summed E-state index contributed by atoms with van der Waals surface area (Å²) in [6.07, 6.45) is 0.897. The Balaban J connectivity index is 2.44. The minimum Gasteiger partial charge on any atom is -0.484 e. The molecule has 1 unspecified atom stereocenters. The van der Waals surface area contributed by atoms with Crippen LogP contribution >= 0.6 is 12.2 Å². The lowest BCUT2D eigenvalue weighted by Crippen LogP contribution is -2.35. The van der Waals surface area contributed by atoms with Gasteiger partial charge in [-0.1, -0.05) is 19.1 Å². The van der Waals surface area contributed by atoms with Crippen molar-refractivity contribution >= 4 is 23.1 Å². The standard InChI is InChI=1S/C13H18N2O2S/c1-3-9(2)15-12(16)8-17-11-6-4-10(5-7-11)13(14)18/h4-7,9H,3,8H2,1-2H3,(H2,14,18)(H,15,16). The normalized spacial score (nSPS) is 11.7. The lowest BCUT2D eigenvalue weighted by molar-refractivity contribution is -0.123. The van der Waals surface area contributed by atoms with Crippen LogP contribution in [0.3, 0.4) is 0 Å². The van der Waals surface area contributed by atoms with Crippen molar-refractivity contribution in [2.45, 2.75) is 26.3 Å². The molecule has 0 radical (unpaired) electrons. The van der Waals surface area contributed by atoms with E-state index in [0.29, 0.717) is 10.7 Å². The molecule has 0 spiro atoms. The third kappa shape index (κ3) is 4.71. The van der Waals surface area contributed by atoms with Crippen molar-refractivity contribution < 1.29 is 9.53 Å². The molecule has 0 bridgehead atoms. The molecule has 0 aliphatic rings. The van der Waals surface area contributed by atoms with Crippen LogP contribution in [0.1, 0.15) is 25.8 Å². The van der Waals surface area contributed by atoms with Crippen LogP contribution in [0.4, 0.5) is 0 Å². The second-order valence-electron chi connectivity index (χ2n) is 4.05. The van der Waals surface area contributed by atoms with Gasteiger partial charge < -0.3 is 15.8 Å². The van der Waals surface area contributed by atoms with Crippen LogP contribution < -0.4 is 15.8 Å². The average Bonchev–Trinajstić information content (AvgIpc) is 2.36. The third-order valence-electron chi connectivity index (χ3n) is 2.53. The minimum absolute atomic E-state index is 0.0107. The van der Waals surface area contributed by atoms with Crippen molar-refractivity contribution in [3.05, 3.63) is 29.8 Å². The average molecular weight is 266 g/mol. The van der Waals surface area contributed by atoms with E-state index in [2.05, 4.69) is 5.32 Å². The van der Waals surface area contributed by atoms with E-state index in [1.165, 1.54) is 0 Å². The molecule has 0 aromatic heterocycles. The number of hydrogen-bond acceptors (Lipinski definition) is 3. The molecule has 0 fully saturated rings. The molecule has 18 heavy (non-hydrogen) atoms. The highest BCUT2D eigenvalue weighted by atomic mass is 32.1.